The van der Waals surface area contributed by atoms with Gasteiger partial charge < -0.3 is 15.5 Å². The van der Waals surface area contributed by atoms with Crippen molar-refractivity contribution >= 4 is 0 Å². The minimum Gasteiger partial charge on any atom is -0.472 e. The predicted molar refractivity (Wildman–Crippen MR) is 57.9 cm³/mol. The Bertz CT molecular complexity index is 221. The second-order valence-corrected chi connectivity index (χ2v) is 3.66. The zero-order valence-corrected chi connectivity index (χ0v) is 8.83. The van der Waals surface area contributed by atoms with Crippen LogP contribution in [-0.2, 0) is 6.54 Å². The smallest absolute Gasteiger partial charge is 0.0947 e. The molecule has 0 spiro atoms. The molecule has 1 unspecified atom stereocenters. The molecule has 0 fully saturated rings. The van der Waals surface area contributed by atoms with E-state index in [-0.39, 0.29) is 6.04 Å². The fourth-order valence-electron chi connectivity index (χ4n) is 1.36. The van der Waals surface area contributed by atoms with E-state index in [1.54, 1.807) is 12.5 Å². The Morgan fingerprint density at radius 3 is 3.07 bits per heavy atom. The molecule has 80 valence electrons. The molecule has 1 heterocycles. The maximum Gasteiger partial charge on any atom is 0.0947 e. The summed E-state index contributed by atoms with van der Waals surface area (Å²) >= 11 is 0. The summed E-state index contributed by atoms with van der Waals surface area (Å²) in [7, 11) is 0. The van der Waals surface area contributed by atoms with Crippen LogP contribution in [0.15, 0.2) is 23.0 Å². The highest BCUT2D eigenvalue weighted by Crippen LogP contribution is 2.00. The third-order valence-corrected chi connectivity index (χ3v) is 2.24. The maximum atomic E-state index is 5.91. The lowest BCUT2D eigenvalue weighted by molar-refractivity contribution is 0.520. The Morgan fingerprint density at radius 2 is 2.43 bits per heavy atom. The van der Waals surface area contributed by atoms with Gasteiger partial charge in [-0.2, -0.15) is 0 Å². The van der Waals surface area contributed by atoms with Crippen molar-refractivity contribution in [1.29, 1.82) is 0 Å². The number of furan rings is 1. The molecule has 0 aliphatic rings. The van der Waals surface area contributed by atoms with Crippen LogP contribution in [0.5, 0.6) is 0 Å². The van der Waals surface area contributed by atoms with Crippen LogP contribution < -0.4 is 11.1 Å². The van der Waals surface area contributed by atoms with Gasteiger partial charge in [-0.3, -0.25) is 0 Å². The van der Waals surface area contributed by atoms with Crippen LogP contribution >= 0.6 is 0 Å². The summed E-state index contributed by atoms with van der Waals surface area (Å²) in [6, 6.07) is 2.24. The normalized spacial score (nSPS) is 13.0. The van der Waals surface area contributed by atoms with E-state index >= 15 is 0 Å². The SMILES string of the molecule is CCCCC(N)CNCc1ccoc1. The fourth-order valence-corrected chi connectivity index (χ4v) is 1.36. The minimum absolute atomic E-state index is 0.279. The summed E-state index contributed by atoms with van der Waals surface area (Å²) in [5, 5.41) is 3.31. The van der Waals surface area contributed by atoms with Gasteiger partial charge in [-0.05, 0) is 12.5 Å². The van der Waals surface area contributed by atoms with Gasteiger partial charge in [-0.25, -0.2) is 0 Å². The highest BCUT2D eigenvalue weighted by molar-refractivity contribution is 5.04. The molecule has 0 aliphatic heterocycles. The Kier molecular flexibility index (Phi) is 5.33. The molecule has 0 bridgehead atoms. The third kappa shape index (κ3) is 4.44. The zero-order chi connectivity index (χ0) is 10.2. The van der Waals surface area contributed by atoms with E-state index < -0.39 is 0 Å². The number of rotatable bonds is 7. The van der Waals surface area contributed by atoms with Crippen LogP contribution in [0, 0.1) is 0 Å². The number of nitrogens with two attached hydrogens (primary N) is 1. The zero-order valence-electron chi connectivity index (χ0n) is 8.83. The van der Waals surface area contributed by atoms with Crippen molar-refractivity contribution in [3.05, 3.63) is 24.2 Å². The summed E-state index contributed by atoms with van der Waals surface area (Å²) in [5.74, 6) is 0. The highest BCUT2D eigenvalue weighted by atomic mass is 16.3. The van der Waals surface area contributed by atoms with Gasteiger partial charge in [-0.15, -0.1) is 0 Å². The predicted octanol–water partition coefficient (Wildman–Crippen LogP) is 1.89. The molecule has 0 aliphatic carbocycles. The summed E-state index contributed by atoms with van der Waals surface area (Å²) in [6.07, 6.45) is 6.98. The molecular formula is C11H20N2O. The summed E-state index contributed by atoms with van der Waals surface area (Å²) in [5.41, 5.74) is 7.09. The summed E-state index contributed by atoms with van der Waals surface area (Å²) in [4.78, 5) is 0. The largest absolute Gasteiger partial charge is 0.472 e. The average molecular weight is 196 g/mol. The molecule has 0 saturated heterocycles. The van der Waals surface area contributed by atoms with Crippen LogP contribution in [0.4, 0.5) is 0 Å². The molecule has 1 atom stereocenters. The molecule has 0 aromatic carbocycles. The van der Waals surface area contributed by atoms with E-state index in [0.717, 1.165) is 19.5 Å². The van der Waals surface area contributed by atoms with Gasteiger partial charge in [0, 0.05) is 24.7 Å². The van der Waals surface area contributed by atoms with Gasteiger partial charge in [0.2, 0.25) is 0 Å². The second kappa shape index (κ2) is 6.62. The molecule has 0 radical (unpaired) electrons. The van der Waals surface area contributed by atoms with E-state index in [1.165, 1.54) is 18.4 Å². The second-order valence-electron chi connectivity index (χ2n) is 3.66. The highest BCUT2D eigenvalue weighted by Gasteiger charge is 2.01. The first-order chi connectivity index (χ1) is 6.83. The third-order valence-electron chi connectivity index (χ3n) is 2.24. The monoisotopic (exact) mass is 196 g/mol. The Hall–Kier alpha value is -0.800. The van der Waals surface area contributed by atoms with E-state index in [2.05, 4.69) is 12.2 Å². The van der Waals surface area contributed by atoms with Crippen molar-refractivity contribution in [3.63, 3.8) is 0 Å². The molecular weight excluding hydrogens is 176 g/mol. The number of nitrogens with one attached hydrogen (secondary N) is 1. The molecule has 0 amide bonds. The van der Waals surface area contributed by atoms with Crippen LogP contribution in [0.1, 0.15) is 31.7 Å². The molecule has 0 saturated carbocycles. The van der Waals surface area contributed by atoms with Crippen molar-refractivity contribution in [2.45, 2.75) is 38.8 Å². The lowest BCUT2D eigenvalue weighted by Gasteiger charge is -2.11. The first-order valence-corrected chi connectivity index (χ1v) is 5.30. The van der Waals surface area contributed by atoms with Crippen LogP contribution in [0.2, 0.25) is 0 Å². The standard InChI is InChI=1S/C11H20N2O/c1-2-3-4-11(12)8-13-7-10-5-6-14-9-10/h5-6,9,11,13H,2-4,7-8,12H2,1H3. The Labute approximate surface area is 85.7 Å². The Morgan fingerprint density at radius 1 is 1.57 bits per heavy atom. The van der Waals surface area contributed by atoms with Gasteiger partial charge in [-0.1, -0.05) is 19.8 Å². The van der Waals surface area contributed by atoms with Gasteiger partial charge >= 0.3 is 0 Å². The number of unbranched alkanes of at least 4 members (excludes halogenated alkanes) is 1. The summed E-state index contributed by atoms with van der Waals surface area (Å²) in [6.45, 7) is 3.91. The molecule has 1 aromatic heterocycles. The molecule has 3 heteroatoms. The van der Waals surface area contributed by atoms with Crippen LogP contribution in [0.3, 0.4) is 0 Å². The first kappa shape index (κ1) is 11.3. The average Bonchev–Trinajstić information content (AvgIpc) is 2.67. The van der Waals surface area contributed by atoms with Gasteiger partial charge in [0.05, 0.1) is 12.5 Å². The summed E-state index contributed by atoms with van der Waals surface area (Å²) < 4.78 is 4.97. The molecule has 3 N–H and O–H groups in total. The van der Waals surface area contributed by atoms with E-state index in [0.29, 0.717) is 0 Å². The molecule has 14 heavy (non-hydrogen) atoms. The fraction of sp³-hybridized carbons (Fsp3) is 0.636. The lowest BCUT2D eigenvalue weighted by atomic mass is 10.1. The number of hydrogen-bond acceptors (Lipinski definition) is 3. The van der Waals surface area contributed by atoms with Crippen molar-refractivity contribution in [3.8, 4) is 0 Å². The minimum atomic E-state index is 0.279. The van der Waals surface area contributed by atoms with Gasteiger partial charge in [0.1, 0.15) is 0 Å². The van der Waals surface area contributed by atoms with Crippen molar-refractivity contribution in [2.75, 3.05) is 6.54 Å². The van der Waals surface area contributed by atoms with E-state index in [1.807, 2.05) is 6.07 Å². The van der Waals surface area contributed by atoms with E-state index in [9.17, 15) is 0 Å². The lowest BCUT2D eigenvalue weighted by Crippen LogP contribution is -2.33. The molecule has 1 aromatic rings. The molecule has 1 rings (SSSR count). The van der Waals surface area contributed by atoms with Crippen molar-refractivity contribution in [1.82, 2.24) is 5.32 Å². The topological polar surface area (TPSA) is 51.2 Å². The van der Waals surface area contributed by atoms with Crippen molar-refractivity contribution in [2.24, 2.45) is 5.73 Å². The van der Waals surface area contributed by atoms with Crippen LogP contribution in [0.25, 0.3) is 0 Å². The number of hydrogen-bond donors (Lipinski definition) is 2. The van der Waals surface area contributed by atoms with Gasteiger partial charge in [0.25, 0.3) is 0 Å². The quantitative estimate of drug-likeness (QED) is 0.700. The Balaban J connectivity index is 2.03. The molecule has 3 nitrogen and oxygen atoms in total. The van der Waals surface area contributed by atoms with Crippen molar-refractivity contribution < 1.29 is 4.42 Å². The van der Waals surface area contributed by atoms with Crippen LogP contribution in [-0.4, -0.2) is 12.6 Å². The van der Waals surface area contributed by atoms with E-state index in [4.69, 9.17) is 10.2 Å². The van der Waals surface area contributed by atoms with Gasteiger partial charge in [0.15, 0.2) is 0 Å². The maximum absolute atomic E-state index is 5.91. The first-order valence-electron chi connectivity index (χ1n) is 5.30.